The van der Waals surface area contributed by atoms with Crippen molar-refractivity contribution in [2.75, 3.05) is 32.1 Å². The normalized spacial score (nSPS) is 13.5. The molecule has 172 valence electrons. The number of aromatic amines is 1. The Labute approximate surface area is 192 Å². The number of H-pyrrole nitrogens is 1. The molecule has 3 amide bonds. The summed E-state index contributed by atoms with van der Waals surface area (Å²) in [4.78, 5) is 42.7. The molecule has 1 aliphatic rings. The average Bonchev–Trinajstić information content (AvgIpc) is 3.26. The van der Waals surface area contributed by atoms with Crippen LogP contribution in [-0.4, -0.2) is 54.3 Å². The number of piperidine rings is 1. The average molecular weight is 449 g/mol. The minimum atomic E-state index is -0.797. The number of nitrogens with zero attached hydrogens (tertiary/aromatic N) is 1. The Morgan fingerprint density at radius 2 is 1.82 bits per heavy atom. The molecule has 2 heterocycles. The maximum Gasteiger partial charge on any atom is 0.313 e. The Morgan fingerprint density at radius 1 is 1.03 bits per heavy atom. The first-order chi connectivity index (χ1) is 16.1. The van der Waals surface area contributed by atoms with E-state index in [-0.39, 0.29) is 5.91 Å². The second-order valence-corrected chi connectivity index (χ2v) is 8.08. The van der Waals surface area contributed by atoms with E-state index >= 15 is 0 Å². The van der Waals surface area contributed by atoms with E-state index in [4.69, 9.17) is 4.74 Å². The highest BCUT2D eigenvalue weighted by molar-refractivity contribution is 6.40. The Kier molecular flexibility index (Phi) is 6.92. The fraction of sp³-hybridized carbons (Fsp3) is 0.320. The van der Waals surface area contributed by atoms with Gasteiger partial charge in [0.2, 0.25) is 0 Å². The number of carbonyl (C=O) groups excluding carboxylic acids is 3. The first kappa shape index (κ1) is 22.4. The number of methoxy groups -OCH3 is 1. The predicted octanol–water partition coefficient (Wildman–Crippen LogP) is 3.10. The molecular weight excluding hydrogens is 420 g/mol. The minimum absolute atomic E-state index is 0.124. The van der Waals surface area contributed by atoms with Crippen LogP contribution in [0.5, 0.6) is 5.75 Å². The lowest BCUT2D eigenvalue weighted by Gasteiger charge is -2.27. The molecule has 3 N–H and O–H groups in total. The zero-order valence-corrected chi connectivity index (χ0v) is 18.6. The van der Waals surface area contributed by atoms with Gasteiger partial charge in [0, 0.05) is 36.7 Å². The maximum atomic E-state index is 12.9. The number of anilines is 1. The van der Waals surface area contributed by atoms with E-state index in [1.54, 1.807) is 36.3 Å². The molecule has 0 bridgehead atoms. The fourth-order valence-electron chi connectivity index (χ4n) is 4.11. The highest BCUT2D eigenvalue weighted by Gasteiger charge is 2.22. The number of amides is 3. The van der Waals surface area contributed by atoms with Crippen LogP contribution in [0.25, 0.3) is 10.9 Å². The first-order valence-corrected chi connectivity index (χ1v) is 11.2. The van der Waals surface area contributed by atoms with Gasteiger partial charge >= 0.3 is 11.8 Å². The number of benzene rings is 2. The Bertz CT molecular complexity index is 1160. The van der Waals surface area contributed by atoms with Crippen LogP contribution in [0.4, 0.5) is 5.69 Å². The molecule has 3 aromatic rings. The Balaban J connectivity index is 1.35. The second-order valence-electron chi connectivity index (χ2n) is 8.08. The number of aromatic nitrogens is 1. The monoisotopic (exact) mass is 448 g/mol. The number of rotatable bonds is 6. The molecule has 1 aromatic heterocycles. The van der Waals surface area contributed by atoms with E-state index in [1.165, 1.54) is 0 Å². The standard InChI is InChI=1S/C25H28N4O4/c1-33-18-9-10-21-20(15-18)17(16-27-21)11-12-26-23(30)24(31)28-22-8-4-3-7-19(22)25(32)29-13-5-2-6-14-29/h3-4,7-10,15-16,27H,2,5-6,11-14H2,1H3,(H,26,30)(H,28,31). The highest BCUT2D eigenvalue weighted by Crippen LogP contribution is 2.24. The van der Waals surface area contributed by atoms with Gasteiger partial charge in [-0.2, -0.15) is 0 Å². The van der Waals surface area contributed by atoms with E-state index in [2.05, 4.69) is 15.6 Å². The smallest absolute Gasteiger partial charge is 0.313 e. The molecule has 1 saturated heterocycles. The zero-order chi connectivity index (χ0) is 23.2. The number of fused-ring (bicyclic) bond motifs is 1. The molecule has 0 atom stereocenters. The van der Waals surface area contributed by atoms with Gasteiger partial charge in [-0.3, -0.25) is 14.4 Å². The summed E-state index contributed by atoms with van der Waals surface area (Å²) in [6.45, 7) is 1.72. The molecule has 8 heteroatoms. The van der Waals surface area contributed by atoms with Crippen LogP contribution in [0.2, 0.25) is 0 Å². The Morgan fingerprint density at radius 3 is 2.61 bits per heavy atom. The van der Waals surface area contributed by atoms with Crippen molar-refractivity contribution < 1.29 is 19.1 Å². The largest absolute Gasteiger partial charge is 0.497 e. The number of hydrogen-bond donors (Lipinski definition) is 3. The predicted molar refractivity (Wildman–Crippen MR) is 126 cm³/mol. The van der Waals surface area contributed by atoms with Crippen molar-refractivity contribution in [2.45, 2.75) is 25.7 Å². The highest BCUT2D eigenvalue weighted by atomic mass is 16.5. The lowest BCUT2D eigenvalue weighted by molar-refractivity contribution is -0.136. The molecule has 0 spiro atoms. The third-order valence-electron chi connectivity index (χ3n) is 5.91. The molecule has 1 aliphatic heterocycles. The molecule has 0 unspecified atom stereocenters. The molecule has 0 saturated carbocycles. The van der Waals surface area contributed by atoms with E-state index in [9.17, 15) is 14.4 Å². The number of para-hydroxylation sites is 1. The molecule has 33 heavy (non-hydrogen) atoms. The minimum Gasteiger partial charge on any atom is -0.497 e. The van der Waals surface area contributed by atoms with Gasteiger partial charge in [0.15, 0.2) is 0 Å². The van der Waals surface area contributed by atoms with Crippen LogP contribution in [-0.2, 0) is 16.0 Å². The molecule has 4 rings (SSSR count). The molecular formula is C25H28N4O4. The van der Waals surface area contributed by atoms with Gasteiger partial charge in [0.05, 0.1) is 18.4 Å². The van der Waals surface area contributed by atoms with Gasteiger partial charge in [-0.25, -0.2) is 0 Å². The Hall–Kier alpha value is -3.81. The van der Waals surface area contributed by atoms with Gasteiger partial charge in [-0.15, -0.1) is 0 Å². The molecule has 1 fully saturated rings. The van der Waals surface area contributed by atoms with E-state index in [0.717, 1.165) is 41.5 Å². The van der Waals surface area contributed by atoms with Crippen molar-refractivity contribution in [2.24, 2.45) is 0 Å². The van der Waals surface area contributed by atoms with Crippen LogP contribution in [0.3, 0.4) is 0 Å². The van der Waals surface area contributed by atoms with Crippen molar-refractivity contribution in [1.82, 2.24) is 15.2 Å². The van der Waals surface area contributed by atoms with Crippen molar-refractivity contribution >= 4 is 34.3 Å². The van der Waals surface area contributed by atoms with Crippen LogP contribution >= 0.6 is 0 Å². The van der Waals surface area contributed by atoms with Gasteiger partial charge in [0.25, 0.3) is 5.91 Å². The van der Waals surface area contributed by atoms with Crippen LogP contribution in [0.1, 0.15) is 35.2 Å². The summed E-state index contributed by atoms with van der Waals surface area (Å²) in [6, 6.07) is 12.5. The summed E-state index contributed by atoms with van der Waals surface area (Å²) in [5.41, 5.74) is 2.73. The van der Waals surface area contributed by atoms with E-state index in [0.29, 0.717) is 37.3 Å². The lowest BCUT2D eigenvalue weighted by Crippen LogP contribution is -2.38. The maximum absolute atomic E-state index is 12.9. The summed E-state index contributed by atoms with van der Waals surface area (Å²) in [5.74, 6) is -0.910. The summed E-state index contributed by atoms with van der Waals surface area (Å²) in [7, 11) is 1.62. The van der Waals surface area contributed by atoms with Gasteiger partial charge < -0.3 is 25.3 Å². The molecule has 2 aromatic carbocycles. The summed E-state index contributed by atoms with van der Waals surface area (Å²) >= 11 is 0. The first-order valence-electron chi connectivity index (χ1n) is 11.2. The summed E-state index contributed by atoms with van der Waals surface area (Å²) in [6.07, 6.45) is 5.52. The van der Waals surface area contributed by atoms with E-state index in [1.807, 2.05) is 24.4 Å². The van der Waals surface area contributed by atoms with Crippen LogP contribution in [0.15, 0.2) is 48.7 Å². The number of ether oxygens (including phenoxy) is 1. The number of nitrogens with one attached hydrogen (secondary N) is 3. The van der Waals surface area contributed by atoms with Crippen molar-refractivity contribution in [3.63, 3.8) is 0 Å². The molecule has 0 radical (unpaired) electrons. The fourth-order valence-corrected chi connectivity index (χ4v) is 4.11. The van der Waals surface area contributed by atoms with Crippen LogP contribution < -0.4 is 15.4 Å². The number of hydrogen-bond acceptors (Lipinski definition) is 4. The second kappa shape index (κ2) is 10.2. The van der Waals surface area contributed by atoms with Gasteiger partial charge in [-0.05, 0) is 61.6 Å². The lowest BCUT2D eigenvalue weighted by atomic mass is 10.1. The van der Waals surface area contributed by atoms with Crippen LogP contribution in [0, 0.1) is 0 Å². The van der Waals surface area contributed by atoms with Crippen molar-refractivity contribution in [3.05, 3.63) is 59.8 Å². The molecule has 0 aliphatic carbocycles. The van der Waals surface area contributed by atoms with Gasteiger partial charge in [-0.1, -0.05) is 12.1 Å². The topological polar surface area (TPSA) is 104 Å². The summed E-state index contributed by atoms with van der Waals surface area (Å²) in [5, 5.41) is 6.26. The molecule has 8 nitrogen and oxygen atoms in total. The third kappa shape index (κ3) is 5.16. The van der Waals surface area contributed by atoms with Crippen molar-refractivity contribution in [3.8, 4) is 5.75 Å². The third-order valence-corrected chi connectivity index (χ3v) is 5.91. The van der Waals surface area contributed by atoms with Crippen molar-refractivity contribution in [1.29, 1.82) is 0 Å². The zero-order valence-electron chi connectivity index (χ0n) is 18.6. The van der Waals surface area contributed by atoms with Gasteiger partial charge in [0.1, 0.15) is 5.75 Å². The van der Waals surface area contributed by atoms with E-state index < -0.39 is 11.8 Å². The number of likely N-dealkylation sites (tertiary alicyclic amines) is 1. The summed E-state index contributed by atoms with van der Waals surface area (Å²) < 4.78 is 5.28. The quantitative estimate of drug-likeness (QED) is 0.504. The number of carbonyl (C=O) groups is 3. The SMILES string of the molecule is COc1ccc2[nH]cc(CCNC(=O)C(=O)Nc3ccccc3C(=O)N3CCCCC3)c2c1.